The highest BCUT2D eigenvalue weighted by molar-refractivity contribution is 6.34. The van der Waals surface area contributed by atoms with Crippen molar-refractivity contribution in [3.63, 3.8) is 0 Å². The van der Waals surface area contributed by atoms with Crippen molar-refractivity contribution >= 4 is 22.6 Å². The van der Waals surface area contributed by atoms with Gasteiger partial charge in [0.15, 0.2) is 0 Å². The van der Waals surface area contributed by atoms with Gasteiger partial charge in [0.05, 0.1) is 17.6 Å². The Morgan fingerprint density at radius 1 is 1.21 bits per heavy atom. The maximum absolute atomic E-state index is 6.13. The molecule has 0 aliphatic rings. The molecule has 0 fully saturated rings. The van der Waals surface area contributed by atoms with Crippen LogP contribution >= 0.6 is 11.6 Å². The summed E-state index contributed by atoms with van der Waals surface area (Å²) >= 11 is 6.13. The van der Waals surface area contributed by atoms with E-state index in [0.29, 0.717) is 5.02 Å². The van der Waals surface area contributed by atoms with E-state index >= 15 is 0 Å². The van der Waals surface area contributed by atoms with Crippen molar-refractivity contribution in [1.82, 2.24) is 9.97 Å². The van der Waals surface area contributed by atoms with Crippen LogP contribution in [0.15, 0.2) is 36.4 Å². The average Bonchev–Trinajstić information content (AvgIpc) is 2.85. The SMILES string of the molecule is COc1cc(-c2nc3c(Cl)cccc3[nH]2)ccc1C. The van der Waals surface area contributed by atoms with Gasteiger partial charge < -0.3 is 9.72 Å². The zero-order chi connectivity index (χ0) is 13.4. The Morgan fingerprint density at radius 3 is 2.79 bits per heavy atom. The normalized spacial score (nSPS) is 10.9. The molecule has 0 amide bonds. The Bertz CT molecular complexity index is 749. The van der Waals surface area contributed by atoms with Crippen LogP contribution in [0.1, 0.15) is 5.56 Å². The van der Waals surface area contributed by atoms with E-state index in [4.69, 9.17) is 16.3 Å². The van der Waals surface area contributed by atoms with Gasteiger partial charge in [-0.25, -0.2) is 4.98 Å². The number of H-pyrrole nitrogens is 1. The summed E-state index contributed by atoms with van der Waals surface area (Å²) in [5.41, 5.74) is 3.80. The molecule has 1 aromatic heterocycles. The van der Waals surface area contributed by atoms with Crippen LogP contribution in [0.4, 0.5) is 0 Å². The van der Waals surface area contributed by atoms with Crippen LogP contribution in [-0.2, 0) is 0 Å². The monoisotopic (exact) mass is 272 g/mol. The number of benzene rings is 2. The summed E-state index contributed by atoms with van der Waals surface area (Å²) in [7, 11) is 1.67. The van der Waals surface area contributed by atoms with Gasteiger partial charge in [0.25, 0.3) is 0 Å². The van der Waals surface area contributed by atoms with Gasteiger partial charge in [-0.2, -0.15) is 0 Å². The van der Waals surface area contributed by atoms with E-state index in [1.54, 1.807) is 7.11 Å². The summed E-state index contributed by atoms with van der Waals surface area (Å²) in [5, 5.41) is 0.652. The van der Waals surface area contributed by atoms with Gasteiger partial charge in [-0.05, 0) is 30.7 Å². The zero-order valence-electron chi connectivity index (χ0n) is 10.7. The molecule has 3 nitrogen and oxygen atoms in total. The molecule has 0 atom stereocenters. The largest absolute Gasteiger partial charge is 0.496 e. The van der Waals surface area contributed by atoms with E-state index in [2.05, 4.69) is 9.97 Å². The smallest absolute Gasteiger partial charge is 0.138 e. The molecule has 96 valence electrons. The number of imidazole rings is 1. The lowest BCUT2D eigenvalue weighted by molar-refractivity contribution is 0.412. The van der Waals surface area contributed by atoms with Crippen molar-refractivity contribution < 1.29 is 4.74 Å². The predicted octanol–water partition coefficient (Wildman–Crippen LogP) is 4.20. The van der Waals surface area contributed by atoms with E-state index in [1.165, 1.54) is 0 Å². The highest BCUT2D eigenvalue weighted by atomic mass is 35.5. The predicted molar refractivity (Wildman–Crippen MR) is 77.8 cm³/mol. The molecule has 0 bridgehead atoms. The number of fused-ring (bicyclic) bond motifs is 1. The number of rotatable bonds is 2. The third-order valence-electron chi connectivity index (χ3n) is 3.14. The molecule has 0 aliphatic heterocycles. The minimum atomic E-state index is 0.652. The molecule has 1 heterocycles. The van der Waals surface area contributed by atoms with Crippen molar-refractivity contribution in [3.8, 4) is 17.1 Å². The third-order valence-corrected chi connectivity index (χ3v) is 3.45. The summed E-state index contributed by atoms with van der Waals surface area (Å²) in [6.07, 6.45) is 0. The van der Waals surface area contributed by atoms with E-state index in [0.717, 1.165) is 33.7 Å². The highest BCUT2D eigenvalue weighted by Crippen LogP contribution is 2.28. The number of nitrogens with zero attached hydrogens (tertiary/aromatic N) is 1. The molecule has 0 saturated heterocycles. The number of aryl methyl sites for hydroxylation is 1. The molecular formula is C15H13ClN2O. The first kappa shape index (κ1) is 12.1. The number of methoxy groups -OCH3 is 1. The minimum Gasteiger partial charge on any atom is -0.496 e. The molecule has 3 aromatic rings. The standard InChI is InChI=1S/C15H13ClN2O/c1-9-6-7-10(8-13(9)19-2)15-17-12-5-3-4-11(16)14(12)18-15/h3-8H,1-2H3,(H,17,18). The van der Waals surface area contributed by atoms with Crippen LogP contribution in [0.2, 0.25) is 5.02 Å². The topological polar surface area (TPSA) is 37.9 Å². The number of ether oxygens (including phenoxy) is 1. The van der Waals surface area contributed by atoms with E-state index in [1.807, 2.05) is 43.3 Å². The summed E-state index contributed by atoms with van der Waals surface area (Å²) in [6, 6.07) is 11.7. The second kappa shape index (κ2) is 4.59. The number of halogens is 1. The lowest BCUT2D eigenvalue weighted by Gasteiger charge is -2.05. The van der Waals surface area contributed by atoms with Crippen LogP contribution in [0.3, 0.4) is 0 Å². The summed E-state index contributed by atoms with van der Waals surface area (Å²) in [4.78, 5) is 7.82. The molecular weight excluding hydrogens is 260 g/mol. The minimum absolute atomic E-state index is 0.652. The molecule has 0 radical (unpaired) electrons. The third kappa shape index (κ3) is 2.06. The fourth-order valence-electron chi connectivity index (χ4n) is 2.10. The molecule has 0 saturated carbocycles. The number of aromatic amines is 1. The number of para-hydroxylation sites is 1. The molecule has 3 rings (SSSR count). The van der Waals surface area contributed by atoms with Crippen LogP contribution in [0.5, 0.6) is 5.75 Å². The van der Waals surface area contributed by atoms with Crippen LogP contribution in [0, 0.1) is 6.92 Å². The van der Waals surface area contributed by atoms with Crippen molar-refractivity contribution in [2.45, 2.75) is 6.92 Å². The van der Waals surface area contributed by atoms with Gasteiger partial charge in [-0.1, -0.05) is 29.8 Å². The van der Waals surface area contributed by atoms with Crippen molar-refractivity contribution in [2.24, 2.45) is 0 Å². The van der Waals surface area contributed by atoms with Crippen LogP contribution in [-0.4, -0.2) is 17.1 Å². The summed E-state index contributed by atoms with van der Waals surface area (Å²) in [6.45, 7) is 2.01. The fourth-order valence-corrected chi connectivity index (χ4v) is 2.32. The number of aromatic nitrogens is 2. The van der Waals surface area contributed by atoms with Crippen molar-refractivity contribution in [2.75, 3.05) is 7.11 Å². The number of hydrogen-bond donors (Lipinski definition) is 1. The Kier molecular flexibility index (Phi) is 2.91. The Labute approximate surface area is 116 Å². The maximum atomic E-state index is 6.13. The lowest BCUT2D eigenvalue weighted by Crippen LogP contribution is -1.88. The first-order valence-electron chi connectivity index (χ1n) is 5.98. The van der Waals surface area contributed by atoms with Gasteiger partial charge >= 0.3 is 0 Å². The Hall–Kier alpha value is -2.00. The van der Waals surface area contributed by atoms with Crippen molar-refractivity contribution in [3.05, 3.63) is 47.0 Å². The molecule has 19 heavy (non-hydrogen) atoms. The van der Waals surface area contributed by atoms with Gasteiger partial charge in [-0.15, -0.1) is 0 Å². The second-order valence-electron chi connectivity index (χ2n) is 4.41. The highest BCUT2D eigenvalue weighted by Gasteiger charge is 2.09. The lowest BCUT2D eigenvalue weighted by atomic mass is 10.1. The first-order valence-corrected chi connectivity index (χ1v) is 6.36. The number of hydrogen-bond acceptors (Lipinski definition) is 2. The van der Waals surface area contributed by atoms with E-state index in [9.17, 15) is 0 Å². The zero-order valence-corrected chi connectivity index (χ0v) is 11.5. The molecule has 4 heteroatoms. The van der Waals surface area contributed by atoms with Gasteiger partial charge in [0, 0.05) is 5.56 Å². The average molecular weight is 273 g/mol. The molecule has 0 unspecified atom stereocenters. The second-order valence-corrected chi connectivity index (χ2v) is 4.81. The fraction of sp³-hybridized carbons (Fsp3) is 0.133. The van der Waals surface area contributed by atoms with Crippen molar-refractivity contribution in [1.29, 1.82) is 0 Å². The molecule has 0 aliphatic carbocycles. The van der Waals surface area contributed by atoms with E-state index in [-0.39, 0.29) is 0 Å². The van der Waals surface area contributed by atoms with E-state index < -0.39 is 0 Å². The van der Waals surface area contributed by atoms with Crippen LogP contribution < -0.4 is 4.74 Å². The first-order chi connectivity index (χ1) is 9.19. The molecule has 0 spiro atoms. The van der Waals surface area contributed by atoms with Gasteiger partial charge in [0.1, 0.15) is 17.1 Å². The Morgan fingerprint density at radius 2 is 2.05 bits per heavy atom. The van der Waals surface area contributed by atoms with Gasteiger partial charge in [-0.3, -0.25) is 0 Å². The molecule has 1 N–H and O–H groups in total. The van der Waals surface area contributed by atoms with Gasteiger partial charge in [0.2, 0.25) is 0 Å². The quantitative estimate of drug-likeness (QED) is 0.759. The van der Waals surface area contributed by atoms with Crippen LogP contribution in [0.25, 0.3) is 22.4 Å². The number of nitrogens with one attached hydrogen (secondary N) is 1. The Balaban J connectivity index is 2.16. The summed E-state index contributed by atoms with van der Waals surface area (Å²) < 4.78 is 5.34. The summed E-state index contributed by atoms with van der Waals surface area (Å²) in [5.74, 6) is 1.64. The maximum Gasteiger partial charge on any atom is 0.138 e. The molecule has 2 aromatic carbocycles.